The second-order valence-electron chi connectivity index (χ2n) is 3.71. The Bertz CT molecular complexity index is 275. The van der Waals surface area contributed by atoms with Gasteiger partial charge in [0, 0.05) is 12.5 Å². The van der Waals surface area contributed by atoms with Crippen LogP contribution in [0.2, 0.25) is 0 Å². The van der Waals surface area contributed by atoms with E-state index in [4.69, 9.17) is 5.11 Å². The molecule has 0 heterocycles. The normalized spacial score (nSPS) is 25.8. The number of aliphatic hydroxyl groups excluding tert-OH is 1. The minimum absolute atomic E-state index is 0.0939. The summed E-state index contributed by atoms with van der Waals surface area (Å²) in [4.78, 5) is 0. The van der Waals surface area contributed by atoms with Crippen LogP contribution in [-0.2, 0) is 13.6 Å². The van der Waals surface area contributed by atoms with Crippen molar-refractivity contribution < 1.29 is 27.5 Å². The molecule has 1 aliphatic carbocycles. The van der Waals surface area contributed by atoms with E-state index in [1.54, 1.807) is 0 Å². The second-order valence-corrected chi connectivity index (χ2v) is 5.81. The Kier molecular flexibility index (Phi) is 4.46. The Labute approximate surface area is 93.5 Å². The van der Waals surface area contributed by atoms with Gasteiger partial charge in [-0.3, -0.25) is 4.57 Å². The third-order valence-corrected chi connectivity index (χ3v) is 4.82. The van der Waals surface area contributed by atoms with Crippen molar-refractivity contribution in [1.29, 1.82) is 0 Å². The molecule has 7 heteroatoms. The molecule has 1 fully saturated rings. The molecule has 1 N–H and O–H groups in total. The lowest BCUT2D eigenvalue weighted by atomic mass is 10.3. The number of halogens is 2. The molecule has 2 atom stereocenters. The first kappa shape index (κ1) is 14.0. The van der Waals surface area contributed by atoms with Crippen LogP contribution in [-0.4, -0.2) is 30.6 Å². The molecule has 4 nitrogen and oxygen atoms in total. The van der Waals surface area contributed by atoms with Gasteiger partial charge in [0.05, 0.1) is 13.2 Å². The van der Waals surface area contributed by atoms with Crippen LogP contribution in [0, 0.1) is 11.8 Å². The summed E-state index contributed by atoms with van der Waals surface area (Å²) in [5.41, 5.74) is -3.51. The van der Waals surface area contributed by atoms with Crippen LogP contribution >= 0.6 is 7.60 Å². The van der Waals surface area contributed by atoms with Gasteiger partial charge in [0.25, 0.3) is 0 Å². The molecule has 0 aromatic heterocycles. The van der Waals surface area contributed by atoms with Crippen molar-refractivity contribution in [3.05, 3.63) is 0 Å². The number of hydrogen-bond donors (Lipinski definition) is 1. The van der Waals surface area contributed by atoms with Gasteiger partial charge in [-0.25, -0.2) is 0 Å². The first-order valence-electron chi connectivity index (χ1n) is 5.30. The lowest BCUT2D eigenvalue weighted by Gasteiger charge is -2.25. The molecule has 1 rings (SSSR count). The molecule has 0 aromatic rings. The Hall–Kier alpha value is -0.0300. The largest absolute Gasteiger partial charge is 0.399 e. The average Bonchev–Trinajstić information content (AvgIpc) is 2.97. The quantitative estimate of drug-likeness (QED) is 0.713. The van der Waals surface area contributed by atoms with E-state index in [1.165, 1.54) is 13.8 Å². The van der Waals surface area contributed by atoms with E-state index in [2.05, 4.69) is 9.05 Å². The Morgan fingerprint density at radius 1 is 1.38 bits per heavy atom. The van der Waals surface area contributed by atoms with Crippen LogP contribution in [0.15, 0.2) is 0 Å². The molecule has 0 saturated heterocycles. The third-order valence-electron chi connectivity index (χ3n) is 2.57. The van der Waals surface area contributed by atoms with Crippen LogP contribution in [0.25, 0.3) is 0 Å². The summed E-state index contributed by atoms with van der Waals surface area (Å²) in [5.74, 6) is -1.59. The monoisotopic (exact) mass is 258 g/mol. The van der Waals surface area contributed by atoms with E-state index in [0.29, 0.717) is 0 Å². The highest BCUT2D eigenvalue weighted by molar-refractivity contribution is 7.55. The standard InChI is InChI=1S/C9H17F2O4P/c1-3-14-16(13,15-4-2)9(10,11)8-5-7(8)6-12/h7-8,12H,3-6H2,1-2H3/t7-,8+/m1/s1. The summed E-state index contributed by atoms with van der Waals surface area (Å²) in [7, 11) is -4.41. The number of aliphatic hydroxyl groups is 1. The van der Waals surface area contributed by atoms with Crippen molar-refractivity contribution >= 4 is 7.60 Å². The van der Waals surface area contributed by atoms with Crippen LogP contribution < -0.4 is 0 Å². The van der Waals surface area contributed by atoms with Crippen molar-refractivity contribution in [2.24, 2.45) is 11.8 Å². The Morgan fingerprint density at radius 3 is 2.19 bits per heavy atom. The molecule has 0 amide bonds. The molecule has 96 valence electrons. The van der Waals surface area contributed by atoms with Gasteiger partial charge in [0.1, 0.15) is 0 Å². The van der Waals surface area contributed by atoms with Crippen LogP contribution in [0.3, 0.4) is 0 Å². The summed E-state index contributed by atoms with van der Waals surface area (Å²) in [6, 6.07) is 0. The highest BCUT2D eigenvalue weighted by Gasteiger charge is 2.66. The molecule has 0 spiro atoms. The van der Waals surface area contributed by atoms with Gasteiger partial charge in [0.2, 0.25) is 0 Å². The van der Waals surface area contributed by atoms with Crippen molar-refractivity contribution in [2.45, 2.75) is 25.9 Å². The van der Waals surface area contributed by atoms with Crippen molar-refractivity contribution in [1.82, 2.24) is 0 Å². The van der Waals surface area contributed by atoms with Crippen LogP contribution in [0.5, 0.6) is 0 Å². The number of alkyl halides is 2. The lowest BCUT2D eigenvalue weighted by molar-refractivity contribution is 0.0125. The summed E-state index contributed by atoms with van der Waals surface area (Å²) in [6.45, 7) is 2.46. The highest BCUT2D eigenvalue weighted by atomic mass is 31.2. The SMILES string of the molecule is CCOP(=O)(OCC)C(F)(F)[C@H]1C[C@@H]1CO. The van der Waals surface area contributed by atoms with Gasteiger partial charge in [-0.2, -0.15) is 8.78 Å². The van der Waals surface area contributed by atoms with E-state index in [0.717, 1.165) is 0 Å². The molecule has 0 bridgehead atoms. The van der Waals surface area contributed by atoms with Gasteiger partial charge < -0.3 is 14.2 Å². The first-order valence-corrected chi connectivity index (χ1v) is 6.85. The topological polar surface area (TPSA) is 55.8 Å². The minimum Gasteiger partial charge on any atom is -0.396 e. The lowest BCUT2D eigenvalue weighted by Crippen LogP contribution is -2.24. The molecular formula is C9H17F2O4P. The molecule has 0 aromatic carbocycles. The molecular weight excluding hydrogens is 241 g/mol. The van der Waals surface area contributed by atoms with Gasteiger partial charge in [-0.1, -0.05) is 0 Å². The maximum absolute atomic E-state index is 13.8. The van der Waals surface area contributed by atoms with Crippen LogP contribution in [0.1, 0.15) is 20.3 Å². The van der Waals surface area contributed by atoms with E-state index in [-0.39, 0.29) is 26.2 Å². The number of hydrogen-bond acceptors (Lipinski definition) is 4. The molecule has 16 heavy (non-hydrogen) atoms. The van der Waals surface area contributed by atoms with Crippen molar-refractivity contribution in [3.63, 3.8) is 0 Å². The molecule has 1 aliphatic rings. The first-order chi connectivity index (χ1) is 7.43. The highest BCUT2D eigenvalue weighted by Crippen LogP contribution is 2.70. The Morgan fingerprint density at radius 2 is 1.88 bits per heavy atom. The second kappa shape index (κ2) is 5.08. The summed E-state index contributed by atoms with van der Waals surface area (Å²) in [6.07, 6.45) is 0.160. The number of rotatable bonds is 7. The zero-order valence-electron chi connectivity index (χ0n) is 9.36. The smallest absolute Gasteiger partial charge is 0.396 e. The van der Waals surface area contributed by atoms with E-state index >= 15 is 0 Å². The van der Waals surface area contributed by atoms with Gasteiger partial charge in [0.15, 0.2) is 0 Å². The van der Waals surface area contributed by atoms with Crippen molar-refractivity contribution in [3.8, 4) is 0 Å². The van der Waals surface area contributed by atoms with E-state index < -0.39 is 25.1 Å². The van der Waals surface area contributed by atoms with Gasteiger partial charge >= 0.3 is 13.3 Å². The minimum atomic E-state index is -4.41. The van der Waals surface area contributed by atoms with E-state index in [1.807, 2.05) is 0 Å². The average molecular weight is 258 g/mol. The van der Waals surface area contributed by atoms with Crippen molar-refractivity contribution in [2.75, 3.05) is 19.8 Å². The van der Waals surface area contributed by atoms with Gasteiger partial charge in [-0.05, 0) is 26.2 Å². The van der Waals surface area contributed by atoms with E-state index in [9.17, 15) is 13.3 Å². The fourth-order valence-corrected chi connectivity index (χ4v) is 3.45. The molecule has 0 radical (unpaired) electrons. The summed E-state index contributed by atoms with van der Waals surface area (Å²) >= 11 is 0. The predicted octanol–water partition coefficient (Wildman–Crippen LogP) is 2.47. The maximum atomic E-state index is 13.8. The molecule has 0 aliphatic heterocycles. The zero-order chi connectivity index (χ0) is 12.4. The predicted molar refractivity (Wildman–Crippen MR) is 54.5 cm³/mol. The van der Waals surface area contributed by atoms with Gasteiger partial charge in [-0.15, -0.1) is 0 Å². The Balaban J connectivity index is 2.80. The molecule has 1 saturated carbocycles. The summed E-state index contributed by atoms with van der Waals surface area (Å²) in [5, 5.41) is 8.76. The van der Waals surface area contributed by atoms with Crippen LogP contribution in [0.4, 0.5) is 8.78 Å². The third kappa shape index (κ3) is 2.45. The fraction of sp³-hybridized carbons (Fsp3) is 1.00. The summed E-state index contributed by atoms with van der Waals surface area (Å²) < 4.78 is 48.9. The molecule has 0 unspecified atom stereocenters. The maximum Gasteiger partial charge on any atom is 0.399 e. The fourth-order valence-electron chi connectivity index (χ4n) is 1.63. The zero-order valence-corrected chi connectivity index (χ0v) is 10.3.